The van der Waals surface area contributed by atoms with Crippen LogP contribution >= 0.6 is 10.7 Å². The van der Waals surface area contributed by atoms with Gasteiger partial charge in [0.05, 0.1) is 4.90 Å². The molecule has 6 heteroatoms. The Morgan fingerprint density at radius 1 is 1.16 bits per heavy atom. The molecule has 0 aliphatic carbocycles. The van der Waals surface area contributed by atoms with Gasteiger partial charge in [-0.15, -0.1) is 13.2 Å². The second-order valence-electron chi connectivity index (χ2n) is 3.75. The zero-order chi connectivity index (χ0) is 14.5. The van der Waals surface area contributed by atoms with E-state index in [4.69, 9.17) is 10.7 Å². The molecule has 102 valence electrons. The van der Waals surface area contributed by atoms with Crippen LogP contribution in [0.3, 0.4) is 0 Å². The summed E-state index contributed by atoms with van der Waals surface area (Å²) in [6, 6.07) is 5.46. The standard InChI is InChI=1S/C13H14ClNO3S/c1-3-9-15(10-4-2)13(16)11-5-7-12(8-6-11)19(14,17)18/h3-8H,1-2,9-10H2. The number of nitrogens with zero attached hydrogens (tertiary/aromatic N) is 1. The molecule has 19 heavy (non-hydrogen) atoms. The first-order chi connectivity index (χ1) is 8.90. The van der Waals surface area contributed by atoms with Gasteiger partial charge in [0.25, 0.3) is 15.0 Å². The summed E-state index contributed by atoms with van der Waals surface area (Å²) in [7, 11) is 1.43. The lowest BCUT2D eigenvalue weighted by molar-refractivity contribution is 0.0791. The van der Waals surface area contributed by atoms with Crippen LogP contribution in [-0.4, -0.2) is 32.3 Å². The van der Waals surface area contributed by atoms with Gasteiger partial charge in [0.15, 0.2) is 0 Å². The van der Waals surface area contributed by atoms with Crippen molar-refractivity contribution in [2.75, 3.05) is 13.1 Å². The Hall–Kier alpha value is -1.59. The summed E-state index contributed by atoms with van der Waals surface area (Å²) in [5.41, 5.74) is 0.382. The molecule has 0 aliphatic heterocycles. The molecule has 1 aromatic rings. The number of carbonyl (C=O) groups is 1. The molecule has 0 saturated heterocycles. The second-order valence-corrected chi connectivity index (χ2v) is 6.32. The molecule has 0 aliphatic rings. The van der Waals surface area contributed by atoms with Crippen molar-refractivity contribution in [3.63, 3.8) is 0 Å². The van der Waals surface area contributed by atoms with Gasteiger partial charge in [0.2, 0.25) is 0 Å². The molecule has 0 saturated carbocycles. The van der Waals surface area contributed by atoms with Crippen LogP contribution in [-0.2, 0) is 9.05 Å². The number of halogens is 1. The van der Waals surface area contributed by atoms with Crippen LogP contribution in [0.5, 0.6) is 0 Å². The Morgan fingerprint density at radius 3 is 2.00 bits per heavy atom. The average Bonchev–Trinajstić information content (AvgIpc) is 2.37. The van der Waals surface area contributed by atoms with Gasteiger partial charge in [0, 0.05) is 29.3 Å². The lowest BCUT2D eigenvalue weighted by atomic mass is 10.2. The molecule has 4 nitrogen and oxygen atoms in total. The monoisotopic (exact) mass is 299 g/mol. The quantitative estimate of drug-likeness (QED) is 0.599. The first-order valence-electron chi connectivity index (χ1n) is 5.46. The topological polar surface area (TPSA) is 54.5 Å². The highest BCUT2D eigenvalue weighted by Gasteiger charge is 2.15. The van der Waals surface area contributed by atoms with Crippen LogP contribution in [0.1, 0.15) is 10.4 Å². The van der Waals surface area contributed by atoms with Gasteiger partial charge in [-0.05, 0) is 24.3 Å². The summed E-state index contributed by atoms with van der Waals surface area (Å²) in [6.07, 6.45) is 3.22. The highest BCUT2D eigenvalue weighted by atomic mass is 35.7. The fraction of sp³-hybridized carbons (Fsp3) is 0.154. The lowest BCUT2D eigenvalue weighted by Gasteiger charge is -2.19. The summed E-state index contributed by atoms with van der Waals surface area (Å²) in [4.78, 5) is 13.6. The molecule has 0 aromatic heterocycles. The number of benzene rings is 1. The number of rotatable bonds is 6. The van der Waals surface area contributed by atoms with Crippen LogP contribution in [0, 0.1) is 0 Å². The number of amides is 1. The van der Waals surface area contributed by atoms with Crippen molar-refractivity contribution in [3.05, 3.63) is 55.1 Å². The van der Waals surface area contributed by atoms with E-state index in [1.165, 1.54) is 29.2 Å². The van der Waals surface area contributed by atoms with E-state index in [0.717, 1.165) is 0 Å². The maximum Gasteiger partial charge on any atom is 0.261 e. The van der Waals surface area contributed by atoms with Gasteiger partial charge in [-0.25, -0.2) is 8.42 Å². The molecule has 0 unspecified atom stereocenters. The van der Waals surface area contributed by atoms with Crippen molar-refractivity contribution in [3.8, 4) is 0 Å². The van der Waals surface area contributed by atoms with E-state index in [1.54, 1.807) is 12.2 Å². The summed E-state index contributed by atoms with van der Waals surface area (Å²) in [5, 5.41) is 0. The molecule has 1 amide bonds. The first kappa shape index (κ1) is 15.5. The zero-order valence-corrected chi connectivity index (χ0v) is 11.8. The van der Waals surface area contributed by atoms with Crippen molar-refractivity contribution in [2.45, 2.75) is 4.90 Å². The Bertz CT molecular complexity index is 568. The van der Waals surface area contributed by atoms with E-state index in [-0.39, 0.29) is 10.8 Å². The summed E-state index contributed by atoms with van der Waals surface area (Å²) in [5.74, 6) is -0.224. The summed E-state index contributed by atoms with van der Waals surface area (Å²) < 4.78 is 22.2. The van der Waals surface area contributed by atoms with Crippen LogP contribution in [0.2, 0.25) is 0 Å². The Balaban J connectivity index is 2.99. The van der Waals surface area contributed by atoms with Gasteiger partial charge in [-0.3, -0.25) is 4.79 Å². The summed E-state index contributed by atoms with van der Waals surface area (Å²) in [6.45, 7) is 7.94. The number of hydrogen-bond acceptors (Lipinski definition) is 3. The summed E-state index contributed by atoms with van der Waals surface area (Å²) >= 11 is 0. The van der Waals surface area contributed by atoms with Gasteiger partial charge < -0.3 is 4.90 Å². The van der Waals surface area contributed by atoms with E-state index >= 15 is 0 Å². The smallest absolute Gasteiger partial charge is 0.261 e. The van der Waals surface area contributed by atoms with Crippen LogP contribution in [0.15, 0.2) is 54.5 Å². The molecule has 0 heterocycles. The van der Waals surface area contributed by atoms with Crippen LogP contribution in [0.25, 0.3) is 0 Å². The third kappa shape index (κ3) is 4.22. The van der Waals surface area contributed by atoms with Gasteiger partial charge >= 0.3 is 0 Å². The zero-order valence-electron chi connectivity index (χ0n) is 10.3. The minimum atomic E-state index is -3.77. The first-order valence-corrected chi connectivity index (χ1v) is 7.77. The maximum atomic E-state index is 12.1. The number of carbonyl (C=O) groups excluding carboxylic acids is 1. The van der Waals surface area contributed by atoms with E-state index in [1.807, 2.05) is 0 Å². The highest BCUT2D eigenvalue weighted by Crippen LogP contribution is 2.16. The SMILES string of the molecule is C=CCN(CC=C)C(=O)c1ccc(S(=O)(=O)Cl)cc1. The van der Waals surface area contributed by atoms with Crippen LogP contribution < -0.4 is 0 Å². The molecular weight excluding hydrogens is 286 g/mol. The third-order valence-corrected chi connectivity index (χ3v) is 3.74. The Kier molecular flexibility index (Phi) is 5.32. The minimum Gasteiger partial charge on any atom is -0.331 e. The van der Waals surface area contributed by atoms with Crippen molar-refractivity contribution in [1.82, 2.24) is 4.90 Å². The van der Waals surface area contributed by atoms with Crippen molar-refractivity contribution in [1.29, 1.82) is 0 Å². The minimum absolute atomic E-state index is 0.0373. The predicted octanol–water partition coefficient (Wildman–Crippen LogP) is 2.43. The Labute approximate surface area is 117 Å². The number of hydrogen-bond donors (Lipinski definition) is 0. The van der Waals surface area contributed by atoms with Crippen molar-refractivity contribution in [2.24, 2.45) is 0 Å². The van der Waals surface area contributed by atoms with E-state index in [0.29, 0.717) is 18.7 Å². The van der Waals surface area contributed by atoms with E-state index in [2.05, 4.69) is 13.2 Å². The fourth-order valence-electron chi connectivity index (χ4n) is 1.49. The molecule has 0 spiro atoms. The lowest BCUT2D eigenvalue weighted by Crippen LogP contribution is -2.31. The van der Waals surface area contributed by atoms with Crippen molar-refractivity contribution < 1.29 is 13.2 Å². The van der Waals surface area contributed by atoms with Gasteiger partial charge in [0.1, 0.15) is 0 Å². The molecule has 0 N–H and O–H groups in total. The van der Waals surface area contributed by atoms with Gasteiger partial charge in [-0.1, -0.05) is 12.2 Å². The van der Waals surface area contributed by atoms with E-state index < -0.39 is 9.05 Å². The molecule has 1 aromatic carbocycles. The third-order valence-electron chi connectivity index (χ3n) is 2.37. The highest BCUT2D eigenvalue weighted by molar-refractivity contribution is 8.13. The average molecular weight is 300 g/mol. The van der Waals surface area contributed by atoms with Crippen molar-refractivity contribution >= 4 is 25.6 Å². The molecule has 0 radical (unpaired) electrons. The molecule has 1 rings (SSSR count). The molecule has 0 atom stereocenters. The molecular formula is C13H14ClNO3S. The fourth-order valence-corrected chi connectivity index (χ4v) is 2.26. The second kappa shape index (κ2) is 6.54. The predicted molar refractivity (Wildman–Crippen MR) is 75.8 cm³/mol. The maximum absolute atomic E-state index is 12.1. The van der Waals surface area contributed by atoms with E-state index in [9.17, 15) is 13.2 Å². The molecule has 0 bridgehead atoms. The van der Waals surface area contributed by atoms with Crippen LogP contribution in [0.4, 0.5) is 0 Å². The van der Waals surface area contributed by atoms with Gasteiger partial charge in [-0.2, -0.15) is 0 Å². The normalized spacial score (nSPS) is 10.8. The Morgan fingerprint density at radius 2 is 1.63 bits per heavy atom. The molecule has 0 fully saturated rings. The largest absolute Gasteiger partial charge is 0.331 e.